The van der Waals surface area contributed by atoms with Gasteiger partial charge in [-0.3, -0.25) is 0 Å². The van der Waals surface area contributed by atoms with Crippen LogP contribution in [0.15, 0.2) is 54.6 Å². The molecule has 0 bridgehead atoms. The quantitative estimate of drug-likeness (QED) is 0.466. The lowest BCUT2D eigenvalue weighted by Crippen LogP contribution is -2.46. The number of nitrogens with two attached hydrogens (primary N) is 1. The molecule has 128 valence electrons. The van der Waals surface area contributed by atoms with Crippen LogP contribution in [0.2, 0.25) is 0 Å². The summed E-state index contributed by atoms with van der Waals surface area (Å²) in [4.78, 5) is 0. The predicted molar refractivity (Wildman–Crippen MR) is 86.6 cm³/mol. The molecule has 0 radical (unpaired) electrons. The Morgan fingerprint density at radius 3 is 1.58 bits per heavy atom. The molecule has 3 aromatic carbocycles. The molecule has 1 nitrogen and oxygen atoms in total. The second-order valence-electron chi connectivity index (χ2n) is 5.33. The van der Waals surface area contributed by atoms with Crippen molar-refractivity contribution >= 4 is 34.0 Å². The summed E-state index contributed by atoms with van der Waals surface area (Å²) >= 11 is 0. The Hall–Kier alpha value is -1.92. The van der Waals surface area contributed by atoms with Crippen molar-refractivity contribution in [3.63, 3.8) is 0 Å². The Bertz CT molecular complexity index is 822. The average Bonchev–Trinajstić information content (AvgIpc) is 2.50. The summed E-state index contributed by atoms with van der Waals surface area (Å²) in [6.45, 7) is 0. The van der Waals surface area contributed by atoms with E-state index in [1.165, 1.54) is 12.1 Å². The van der Waals surface area contributed by atoms with Crippen molar-refractivity contribution < 1.29 is 22.0 Å². The number of benzene rings is 3. The predicted octanol–water partition coefficient (Wildman–Crippen LogP) is 5.61. The Morgan fingerprint density at radius 2 is 1.17 bits per heavy atom. The summed E-state index contributed by atoms with van der Waals surface area (Å²) in [6, 6.07) is 12.1. The Balaban J connectivity index is 0.00000208. The summed E-state index contributed by atoms with van der Waals surface area (Å²) in [7, 11) is 0. The van der Waals surface area contributed by atoms with Gasteiger partial charge in [0.15, 0.2) is 0 Å². The van der Waals surface area contributed by atoms with E-state index >= 15 is 0 Å². The van der Waals surface area contributed by atoms with Gasteiger partial charge in [-0.25, -0.2) is 0 Å². The van der Waals surface area contributed by atoms with Crippen LogP contribution >= 0.6 is 12.4 Å². The molecule has 0 saturated heterocycles. The van der Waals surface area contributed by atoms with E-state index in [4.69, 9.17) is 5.73 Å². The zero-order valence-corrected chi connectivity index (χ0v) is 13.0. The van der Waals surface area contributed by atoms with Crippen LogP contribution in [-0.4, -0.2) is 12.1 Å². The molecule has 3 aromatic rings. The van der Waals surface area contributed by atoms with Crippen molar-refractivity contribution in [2.45, 2.75) is 18.1 Å². The summed E-state index contributed by atoms with van der Waals surface area (Å²) in [6.07, 6.45) is -5.72. The molecular formula is C17H13ClF5N. The van der Waals surface area contributed by atoms with Gasteiger partial charge in [0.1, 0.15) is 6.04 Å². The minimum absolute atomic E-state index is 0. The first-order chi connectivity index (χ1) is 10.7. The van der Waals surface area contributed by atoms with Crippen LogP contribution in [0.25, 0.3) is 21.5 Å². The first-order valence-corrected chi connectivity index (χ1v) is 6.84. The highest BCUT2D eigenvalue weighted by molar-refractivity contribution is 6.02. The van der Waals surface area contributed by atoms with Gasteiger partial charge in [-0.15, -0.1) is 12.4 Å². The standard InChI is InChI=1S/C17H12F5N.ClH/c18-16(19,17(20,21)22)15(23)14-12-7-3-1-5-10(12)9-11-6-2-4-8-13(11)14;/h1-9,15H,23H2;1H/t15-;/m0./s1. The lowest BCUT2D eigenvalue weighted by atomic mass is 9.89. The Labute approximate surface area is 140 Å². The topological polar surface area (TPSA) is 26.0 Å². The van der Waals surface area contributed by atoms with Gasteiger partial charge in [-0.05, 0) is 33.2 Å². The highest BCUT2D eigenvalue weighted by Gasteiger charge is 2.62. The van der Waals surface area contributed by atoms with Crippen molar-refractivity contribution in [2.75, 3.05) is 0 Å². The lowest BCUT2D eigenvalue weighted by Gasteiger charge is -2.28. The van der Waals surface area contributed by atoms with Gasteiger partial charge in [0, 0.05) is 0 Å². The maximum absolute atomic E-state index is 13.8. The van der Waals surface area contributed by atoms with Crippen LogP contribution in [0.3, 0.4) is 0 Å². The molecule has 0 heterocycles. The number of fused-ring (bicyclic) bond motifs is 2. The second-order valence-corrected chi connectivity index (χ2v) is 5.33. The first-order valence-electron chi connectivity index (χ1n) is 6.84. The van der Waals surface area contributed by atoms with E-state index in [1.807, 2.05) is 0 Å². The summed E-state index contributed by atoms with van der Waals surface area (Å²) in [5.41, 5.74) is 5.23. The van der Waals surface area contributed by atoms with Crippen molar-refractivity contribution in [3.05, 3.63) is 60.2 Å². The molecule has 24 heavy (non-hydrogen) atoms. The number of hydrogen-bond donors (Lipinski definition) is 1. The van der Waals surface area contributed by atoms with E-state index < -0.39 is 18.1 Å². The van der Waals surface area contributed by atoms with Crippen LogP contribution in [-0.2, 0) is 0 Å². The second kappa shape index (κ2) is 6.18. The number of alkyl halides is 5. The maximum atomic E-state index is 13.8. The number of halogens is 6. The zero-order valence-electron chi connectivity index (χ0n) is 12.1. The summed E-state index contributed by atoms with van der Waals surface area (Å²) < 4.78 is 65.9. The minimum Gasteiger partial charge on any atom is -0.319 e. The molecule has 0 aliphatic carbocycles. The molecule has 0 aliphatic heterocycles. The Kier molecular flexibility index (Phi) is 4.74. The molecule has 0 aliphatic rings. The normalized spacial score (nSPS) is 13.8. The van der Waals surface area contributed by atoms with Crippen molar-refractivity contribution in [1.82, 2.24) is 0 Å². The van der Waals surface area contributed by atoms with Gasteiger partial charge in [-0.2, -0.15) is 22.0 Å². The third-order valence-corrected chi connectivity index (χ3v) is 3.89. The zero-order chi connectivity index (χ0) is 16.8. The van der Waals surface area contributed by atoms with Crippen LogP contribution in [0.1, 0.15) is 11.6 Å². The van der Waals surface area contributed by atoms with Crippen molar-refractivity contribution in [3.8, 4) is 0 Å². The van der Waals surface area contributed by atoms with Gasteiger partial charge < -0.3 is 5.73 Å². The van der Waals surface area contributed by atoms with Crippen molar-refractivity contribution in [2.24, 2.45) is 5.73 Å². The van der Waals surface area contributed by atoms with E-state index in [0.717, 1.165) is 0 Å². The van der Waals surface area contributed by atoms with Gasteiger partial charge in [0.2, 0.25) is 0 Å². The van der Waals surface area contributed by atoms with Crippen LogP contribution in [0, 0.1) is 0 Å². The molecule has 1 atom stereocenters. The number of hydrogen-bond acceptors (Lipinski definition) is 1. The fourth-order valence-electron chi connectivity index (χ4n) is 2.74. The monoisotopic (exact) mass is 361 g/mol. The summed E-state index contributed by atoms with van der Waals surface area (Å²) in [5, 5.41) is 1.72. The van der Waals surface area contributed by atoms with Crippen LogP contribution < -0.4 is 5.73 Å². The smallest absolute Gasteiger partial charge is 0.319 e. The van der Waals surface area contributed by atoms with Gasteiger partial charge in [0.25, 0.3) is 0 Å². The molecule has 0 aromatic heterocycles. The van der Waals surface area contributed by atoms with E-state index in [1.54, 1.807) is 42.5 Å². The van der Waals surface area contributed by atoms with E-state index in [9.17, 15) is 22.0 Å². The van der Waals surface area contributed by atoms with Crippen molar-refractivity contribution in [1.29, 1.82) is 0 Å². The van der Waals surface area contributed by atoms with Crippen LogP contribution in [0.5, 0.6) is 0 Å². The summed E-state index contributed by atoms with van der Waals surface area (Å²) in [5.74, 6) is -5.03. The molecule has 3 rings (SSSR count). The lowest BCUT2D eigenvalue weighted by molar-refractivity contribution is -0.290. The highest BCUT2D eigenvalue weighted by atomic mass is 35.5. The molecule has 0 spiro atoms. The molecule has 0 fully saturated rings. The molecular weight excluding hydrogens is 349 g/mol. The molecule has 0 unspecified atom stereocenters. The third kappa shape index (κ3) is 2.80. The Morgan fingerprint density at radius 1 is 0.750 bits per heavy atom. The van der Waals surface area contributed by atoms with Crippen LogP contribution in [0.4, 0.5) is 22.0 Å². The molecule has 7 heteroatoms. The van der Waals surface area contributed by atoms with Gasteiger partial charge in [-0.1, -0.05) is 48.5 Å². The fraction of sp³-hybridized carbons (Fsp3) is 0.176. The van der Waals surface area contributed by atoms with E-state index in [-0.39, 0.29) is 18.0 Å². The fourth-order valence-corrected chi connectivity index (χ4v) is 2.74. The molecule has 2 N–H and O–H groups in total. The van der Waals surface area contributed by atoms with Gasteiger partial charge in [0.05, 0.1) is 0 Å². The highest BCUT2D eigenvalue weighted by Crippen LogP contribution is 2.46. The molecule has 0 amide bonds. The SMILES string of the molecule is Cl.N[C@@H](c1c2ccccc2cc2ccccc12)C(F)(F)C(F)(F)F. The number of rotatable bonds is 2. The largest absolute Gasteiger partial charge is 0.455 e. The maximum Gasteiger partial charge on any atom is 0.455 e. The first kappa shape index (κ1) is 18.4. The third-order valence-electron chi connectivity index (χ3n) is 3.89. The molecule has 0 saturated carbocycles. The average molecular weight is 362 g/mol. The van der Waals surface area contributed by atoms with E-state index in [2.05, 4.69) is 0 Å². The van der Waals surface area contributed by atoms with Gasteiger partial charge >= 0.3 is 12.1 Å². The van der Waals surface area contributed by atoms with E-state index in [0.29, 0.717) is 21.5 Å². The minimum atomic E-state index is -5.72.